The SMILES string of the molecule is CCN(c1ccc(C(F)(F)F)cn1)C(C)C. The topological polar surface area (TPSA) is 16.1 Å². The standard InChI is InChI=1S/C11H15F3N2/c1-4-16(8(2)3)10-6-5-9(7-15-10)11(12,13)14/h5-8H,4H2,1-3H3. The van der Waals surface area contributed by atoms with Crippen molar-refractivity contribution in [1.82, 2.24) is 4.98 Å². The number of pyridine rings is 1. The van der Waals surface area contributed by atoms with Crippen LogP contribution in [0.5, 0.6) is 0 Å². The normalized spacial score (nSPS) is 11.9. The lowest BCUT2D eigenvalue weighted by molar-refractivity contribution is -0.137. The molecule has 0 fully saturated rings. The smallest absolute Gasteiger partial charge is 0.354 e. The van der Waals surface area contributed by atoms with E-state index in [0.717, 1.165) is 18.8 Å². The molecular formula is C11H15F3N2. The van der Waals surface area contributed by atoms with Crippen molar-refractivity contribution in [3.05, 3.63) is 23.9 Å². The van der Waals surface area contributed by atoms with Gasteiger partial charge in [0.1, 0.15) is 5.82 Å². The summed E-state index contributed by atoms with van der Waals surface area (Å²) in [5.41, 5.74) is -0.712. The second-order valence-corrected chi connectivity index (χ2v) is 3.78. The van der Waals surface area contributed by atoms with Gasteiger partial charge in [-0.15, -0.1) is 0 Å². The highest BCUT2D eigenvalue weighted by Gasteiger charge is 2.30. The number of nitrogens with zero attached hydrogens (tertiary/aromatic N) is 2. The average Bonchev–Trinajstić information content (AvgIpc) is 2.17. The molecule has 2 nitrogen and oxygen atoms in total. The summed E-state index contributed by atoms with van der Waals surface area (Å²) in [7, 11) is 0. The number of halogens is 3. The first-order valence-electron chi connectivity index (χ1n) is 5.16. The molecular weight excluding hydrogens is 217 g/mol. The Hall–Kier alpha value is -1.26. The van der Waals surface area contributed by atoms with Crippen LogP contribution in [0.25, 0.3) is 0 Å². The highest BCUT2D eigenvalue weighted by molar-refractivity contribution is 5.40. The molecule has 0 aliphatic carbocycles. The van der Waals surface area contributed by atoms with Gasteiger partial charge in [-0.1, -0.05) is 0 Å². The predicted molar refractivity (Wildman–Crippen MR) is 57.4 cm³/mol. The van der Waals surface area contributed by atoms with Crippen LogP contribution in [0.4, 0.5) is 19.0 Å². The molecule has 90 valence electrons. The van der Waals surface area contributed by atoms with E-state index in [1.807, 2.05) is 25.7 Å². The first-order valence-corrected chi connectivity index (χ1v) is 5.16. The van der Waals surface area contributed by atoms with E-state index < -0.39 is 11.7 Å². The molecule has 0 atom stereocenters. The van der Waals surface area contributed by atoms with Crippen LogP contribution in [0.3, 0.4) is 0 Å². The van der Waals surface area contributed by atoms with Gasteiger partial charge in [0.25, 0.3) is 0 Å². The number of hydrogen-bond donors (Lipinski definition) is 0. The van der Waals surface area contributed by atoms with Crippen LogP contribution in [0.15, 0.2) is 18.3 Å². The molecule has 0 radical (unpaired) electrons. The highest BCUT2D eigenvalue weighted by Crippen LogP contribution is 2.29. The van der Waals surface area contributed by atoms with Crippen molar-refractivity contribution < 1.29 is 13.2 Å². The lowest BCUT2D eigenvalue weighted by Crippen LogP contribution is -2.31. The van der Waals surface area contributed by atoms with Crippen molar-refractivity contribution in [3.8, 4) is 0 Å². The summed E-state index contributed by atoms with van der Waals surface area (Å²) in [5.74, 6) is 0.575. The number of hydrogen-bond acceptors (Lipinski definition) is 2. The molecule has 0 spiro atoms. The Morgan fingerprint density at radius 2 is 1.94 bits per heavy atom. The number of rotatable bonds is 3. The van der Waals surface area contributed by atoms with E-state index in [2.05, 4.69) is 4.98 Å². The number of anilines is 1. The molecule has 1 rings (SSSR count). The van der Waals surface area contributed by atoms with Crippen molar-refractivity contribution in [1.29, 1.82) is 0 Å². The third-order valence-electron chi connectivity index (χ3n) is 2.33. The molecule has 0 unspecified atom stereocenters. The quantitative estimate of drug-likeness (QED) is 0.794. The van der Waals surface area contributed by atoms with Crippen molar-refractivity contribution in [2.45, 2.75) is 33.0 Å². The van der Waals surface area contributed by atoms with Gasteiger partial charge in [-0.25, -0.2) is 4.98 Å². The van der Waals surface area contributed by atoms with E-state index in [4.69, 9.17) is 0 Å². The van der Waals surface area contributed by atoms with Gasteiger partial charge in [-0.05, 0) is 32.9 Å². The molecule has 1 heterocycles. The lowest BCUT2D eigenvalue weighted by atomic mass is 10.2. The van der Waals surface area contributed by atoms with E-state index in [1.165, 1.54) is 6.07 Å². The molecule has 16 heavy (non-hydrogen) atoms. The first-order chi connectivity index (χ1) is 7.36. The summed E-state index contributed by atoms with van der Waals surface area (Å²) in [6, 6.07) is 2.69. The van der Waals surface area contributed by atoms with Gasteiger partial charge < -0.3 is 4.90 Å². The van der Waals surface area contributed by atoms with Crippen molar-refractivity contribution in [2.24, 2.45) is 0 Å². The molecule has 0 bridgehead atoms. The zero-order chi connectivity index (χ0) is 12.3. The van der Waals surface area contributed by atoms with Crippen molar-refractivity contribution in [2.75, 3.05) is 11.4 Å². The van der Waals surface area contributed by atoms with Gasteiger partial charge in [0.2, 0.25) is 0 Å². The van der Waals surface area contributed by atoms with Crippen LogP contribution in [0.1, 0.15) is 26.3 Å². The molecule has 5 heteroatoms. The van der Waals surface area contributed by atoms with Crippen LogP contribution in [0.2, 0.25) is 0 Å². The van der Waals surface area contributed by atoms with Gasteiger partial charge in [0.15, 0.2) is 0 Å². The molecule has 0 amide bonds. The van der Waals surface area contributed by atoms with E-state index in [0.29, 0.717) is 5.82 Å². The number of aromatic nitrogens is 1. The first kappa shape index (κ1) is 12.8. The minimum absolute atomic E-state index is 0.217. The molecule has 0 saturated carbocycles. The summed E-state index contributed by atoms with van der Waals surface area (Å²) >= 11 is 0. The maximum atomic E-state index is 12.3. The molecule has 0 aromatic carbocycles. The number of alkyl halides is 3. The van der Waals surface area contributed by atoms with Crippen LogP contribution >= 0.6 is 0 Å². The molecule has 0 aliphatic heterocycles. The largest absolute Gasteiger partial charge is 0.417 e. The Balaban J connectivity index is 2.94. The zero-order valence-corrected chi connectivity index (χ0v) is 9.54. The van der Waals surface area contributed by atoms with Gasteiger partial charge >= 0.3 is 6.18 Å². The molecule has 0 aliphatic rings. The summed E-state index contributed by atoms with van der Waals surface area (Å²) in [6.45, 7) is 6.61. The third-order valence-corrected chi connectivity index (χ3v) is 2.33. The fourth-order valence-corrected chi connectivity index (χ4v) is 1.52. The summed E-state index contributed by atoms with van der Waals surface area (Å²) in [4.78, 5) is 5.77. The average molecular weight is 232 g/mol. The Morgan fingerprint density at radius 1 is 1.31 bits per heavy atom. The van der Waals surface area contributed by atoms with Gasteiger partial charge in [0.05, 0.1) is 5.56 Å². The fourth-order valence-electron chi connectivity index (χ4n) is 1.52. The summed E-state index contributed by atoms with van der Waals surface area (Å²) < 4.78 is 36.9. The lowest BCUT2D eigenvalue weighted by Gasteiger charge is -2.26. The Morgan fingerprint density at radius 3 is 2.25 bits per heavy atom. The minimum atomic E-state index is -4.32. The van der Waals surface area contributed by atoms with Crippen LogP contribution < -0.4 is 4.90 Å². The van der Waals surface area contributed by atoms with Gasteiger partial charge in [-0.2, -0.15) is 13.2 Å². The van der Waals surface area contributed by atoms with Crippen LogP contribution in [-0.4, -0.2) is 17.6 Å². The Bertz CT molecular complexity index is 330. The summed E-state index contributed by atoms with van der Waals surface area (Å²) in [6.07, 6.45) is -3.44. The van der Waals surface area contributed by atoms with Gasteiger partial charge in [-0.3, -0.25) is 0 Å². The van der Waals surface area contributed by atoms with Gasteiger partial charge in [0, 0.05) is 18.8 Å². The monoisotopic (exact) mass is 232 g/mol. The Labute approximate surface area is 93.1 Å². The maximum Gasteiger partial charge on any atom is 0.417 e. The van der Waals surface area contributed by atoms with Crippen molar-refractivity contribution >= 4 is 5.82 Å². The highest BCUT2D eigenvalue weighted by atomic mass is 19.4. The zero-order valence-electron chi connectivity index (χ0n) is 9.54. The summed E-state index contributed by atoms with van der Waals surface area (Å²) in [5, 5.41) is 0. The predicted octanol–water partition coefficient (Wildman–Crippen LogP) is 3.34. The molecule has 0 saturated heterocycles. The van der Waals surface area contributed by atoms with Crippen molar-refractivity contribution in [3.63, 3.8) is 0 Å². The van der Waals surface area contributed by atoms with E-state index in [1.54, 1.807) is 0 Å². The Kier molecular flexibility index (Phi) is 3.78. The van der Waals surface area contributed by atoms with E-state index >= 15 is 0 Å². The second-order valence-electron chi connectivity index (χ2n) is 3.78. The van der Waals surface area contributed by atoms with E-state index in [9.17, 15) is 13.2 Å². The minimum Gasteiger partial charge on any atom is -0.354 e. The maximum absolute atomic E-state index is 12.3. The van der Waals surface area contributed by atoms with Crippen LogP contribution in [-0.2, 0) is 6.18 Å². The molecule has 0 N–H and O–H groups in total. The second kappa shape index (κ2) is 4.72. The molecule has 1 aromatic rings. The van der Waals surface area contributed by atoms with E-state index in [-0.39, 0.29) is 6.04 Å². The van der Waals surface area contributed by atoms with Crippen LogP contribution in [0, 0.1) is 0 Å². The molecule has 1 aromatic heterocycles. The fraction of sp³-hybridized carbons (Fsp3) is 0.545. The third kappa shape index (κ3) is 2.87.